The van der Waals surface area contributed by atoms with Crippen LogP contribution in [0.1, 0.15) is 39.0 Å². The molecule has 1 amide bonds. The number of amides is 1. The van der Waals surface area contributed by atoms with Crippen molar-refractivity contribution in [3.05, 3.63) is 29.2 Å². The van der Waals surface area contributed by atoms with Crippen LogP contribution >= 0.6 is 11.3 Å². The number of rotatable bonds is 7. The molecule has 1 aliphatic rings. The van der Waals surface area contributed by atoms with Gasteiger partial charge in [0.25, 0.3) is 10.0 Å². The minimum atomic E-state index is -3.61. The largest absolute Gasteiger partial charge is 0.354 e. The maximum atomic E-state index is 12.0. The topological polar surface area (TPSA) is 75.3 Å². The fraction of sp³-hybridized carbons (Fsp3) is 0.533. The van der Waals surface area contributed by atoms with Gasteiger partial charge in [0.2, 0.25) is 5.91 Å². The Balaban J connectivity index is 1.78. The van der Waals surface area contributed by atoms with Crippen molar-refractivity contribution in [2.45, 2.75) is 49.3 Å². The number of hydrogen-bond acceptors (Lipinski definition) is 4. The van der Waals surface area contributed by atoms with E-state index < -0.39 is 16.1 Å². The average molecular weight is 342 g/mol. The average Bonchev–Trinajstić information content (AvgIpc) is 3.03. The molecule has 0 saturated heterocycles. The van der Waals surface area contributed by atoms with Crippen molar-refractivity contribution in [2.75, 3.05) is 6.54 Å². The van der Waals surface area contributed by atoms with Crippen LogP contribution in [0.2, 0.25) is 0 Å². The lowest BCUT2D eigenvalue weighted by atomic mass is 9.97. The molecule has 0 radical (unpaired) electrons. The van der Waals surface area contributed by atoms with Crippen LogP contribution in [-0.4, -0.2) is 26.9 Å². The van der Waals surface area contributed by atoms with Crippen molar-refractivity contribution in [1.29, 1.82) is 0 Å². The highest BCUT2D eigenvalue weighted by molar-refractivity contribution is 7.91. The molecule has 1 atom stereocenters. The molecule has 0 aliphatic heterocycles. The lowest BCUT2D eigenvalue weighted by Gasteiger charge is -2.15. The number of allylic oxidation sites excluding steroid dienone is 1. The van der Waals surface area contributed by atoms with E-state index in [0.717, 1.165) is 30.6 Å². The fourth-order valence-electron chi connectivity index (χ4n) is 2.39. The molecule has 0 spiro atoms. The van der Waals surface area contributed by atoms with E-state index in [-0.39, 0.29) is 10.1 Å². The standard InChI is InChI=1S/C15H22N2O3S2/c1-12(17-22(19,20)14-8-5-11-21-14)15(18)16-10-9-13-6-3-2-4-7-13/h5-6,8,11-12,17H,2-4,7,9-10H2,1H3,(H,16,18). The van der Waals surface area contributed by atoms with Gasteiger partial charge in [-0.15, -0.1) is 11.3 Å². The Kier molecular flexibility index (Phi) is 6.16. The molecule has 0 saturated carbocycles. The Morgan fingerprint density at radius 2 is 2.23 bits per heavy atom. The van der Waals surface area contributed by atoms with E-state index in [1.165, 1.54) is 24.5 Å². The predicted octanol–water partition coefficient (Wildman–Crippen LogP) is 2.42. The zero-order chi connectivity index (χ0) is 16.0. The summed E-state index contributed by atoms with van der Waals surface area (Å²) in [6.45, 7) is 2.11. The summed E-state index contributed by atoms with van der Waals surface area (Å²) in [6.07, 6.45) is 7.79. The predicted molar refractivity (Wildman–Crippen MR) is 88.3 cm³/mol. The van der Waals surface area contributed by atoms with Crippen molar-refractivity contribution in [3.63, 3.8) is 0 Å². The number of sulfonamides is 1. The first kappa shape index (κ1) is 17.2. The summed E-state index contributed by atoms with van der Waals surface area (Å²) >= 11 is 1.13. The third-order valence-corrected chi connectivity index (χ3v) is 6.55. The van der Waals surface area contributed by atoms with Crippen molar-refractivity contribution in [3.8, 4) is 0 Å². The van der Waals surface area contributed by atoms with Gasteiger partial charge in [-0.3, -0.25) is 4.79 Å². The van der Waals surface area contributed by atoms with Gasteiger partial charge in [-0.25, -0.2) is 8.42 Å². The highest BCUT2D eigenvalue weighted by Crippen LogP contribution is 2.19. The van der Waals surface area contributed by atoms with E-state index in [1.807, 2.05) is 0 Å². The number of nitrogens with one attached hydrogen (secondary N) is 2. The second-order valence-electron chi connectivity index (χ2n) is 5.42. The Hall–Kier alpha value is -1.18. The first-order valence-electron chi connectivity index (χ1n) is 7.50. The third kappa shape index (κ3) is 4.93. The molecule has 1 aliphatic carbocycles. The lowest BCUT2D eigenvalue weighted by Crippen LogP contribution is -2.44. The van der Waals surface area contributed by atoms with Crippen LogP contribution in [-0.2, 0) is 14.8 Å². The van der Waals surface area contributed by atoms with E-state index in [1.54, 1.807) is 18.4 Å². The van der Waals surface area contributed by atoms with E-state index in [2.05, 4.69) is 16.1 Å². The Morgan fingerprint density at radius 1 is 1.41 bits per heavy atom. The molecule has 22 heavy (non-hydrogen) atoms. The van der Waals surface area contributed by atoms with Gasteiger partial charge in [0.1, 0.15) is 4.21 Å². The molecule has 5 nitrogen and oxygen atoms in total. The van der Waals surface area contributed by atoms with Crippen molar-refractivity contribution in [1.82, 2.24) is 10.0 Å². The van der Waals surface area contributed by atoms with E-state index in [4.69, 9.17) is 0 Å². The van der Waals surface area contributed by atoms with Crippen molar-refractivity contribution >= 4 is 27.3 Å². The van der Waals surface area contributed by atoms with Crippen LogP contribution in [0.5, 0.6) is 0 Å². The lowest BCUT2D eigenvalue weighted by molar-refractivity contribution is -0.122. The maximum absolute atomic E-state index is 12.0. The first-order chi connectivity index (χ1) is 10.5. The zero-order valence-electron chi connectivity index (χ0n) is 12.7. The van der Waals surface area contributed by atoms with Crippen LogP contribution in [0.4, 0.5) is 0 Å². The maximum Gasteiger partial charge on any atom is 0.250 e. The molecule has 1 aromatic heterocycles. The van der Waals surface area contributed by atoms with Crippen molar-refractivity contribution in [2.24, 2.45) is 0 Å². The second kappa shape index (κ2) is 7.89. The molecule has 2 rings (SSSR count). The normalized spacial score (nSPS) is 16.9. The summed E-state index contributed by atoms with van der Waals surface area (Å²) in [7, 11) is -3.61. The van der Waals surface area contributed by atoms with Crippen LogP contribution in [0.25, 0.3) is 0 Å². The smallest absolute Gasteiger partial charge is 0.250 e. The molecular weight excluding hydrogens is 320 g/mol. The molecule has 1 unspecified atom stereocenters. The summed E-state index contributed by atoms with van der Waals surface area (Å²) < 4.78 is 26.7. The Morgan fingerprint density at radius 3 is 2.86 bits per heavy atom. The second-order valence-corrected chi connectivity index (χ2v) is 8.31. The summed E-state index contributed by atoms with van der Waals surface area (Å²) in [5.41, 5.74) is 1.39. The highest BCUT2D eigenvalue weighted by Gasteiger charge is 2.22. The number of carbonyl (C=O) groups is 1. The molecule has 1 aromatic rings. The molecule has 7 heteroatoms. The Bertz CT molecular complexity index is 621. The van der Waals surface area contributed by atoms with Crippen LogP contribution < -0.4 is 10.0 Å². The molecular formula is C15H22N2O3S2. The minimum Gasteiger partial charge on any atom is -0.354 e. The van der Waals surface area contributed by atoms with Gasteiger partial charge in [-0.1, -0.05) is 17.7 Å². The molecule has 122 valence electrons. The van der Waals surface area contributed by atoms with Crippen LogP contribution in [0, 0.1) is 0 Å². The molecule has 0 fully saturated rings. The number of carbonyl (C=O) groups excluding carboxylic acids is 1. The zero-order valence-corrected chi connectivity index (χ0v) is 14.3. The van der Waals surface area contributed by atoms with Crippen LogP contribution in [0.3, 0.4) is 0 Å². The summed E-state index contributed by atoms with van der Waals surface area (Å²) in [4.78, 5) is 12.0. The van der Waals surface area contributed by atoms with Crippen molar-refractivity contribution < 1.29 is 13.2 Å². The minimum absolute atomic E-state index is 0.222. The van der Waals surface area contributed by atoms with Gasteiger partial charge in [-0.2, -0.15) is 4.72 Å². The quantitative estimate of drug-likeness (QED) is 0.747. The van der Waals surface area contributed by atoms with Gasteiger partial charge in [-0.05, 0) is 50.5 Å². The SMILES string of the molecule is CC(NS(=O)(=O)c1cccs1)C(=O)NCCC1=CCCCC1. The highest BCUT2D eigenvalue weighted by atomic mass is 32.2. The van der Waals surface area contributed by atoms with E-state index in [0.29, 0.717) is 6.54 Å². The third-order valence-electron chi connectivity index (χ3n) is 3.62. The number of thiophene rings is 1. The molecule has 2 N–H and O–H groups in total. The monoisotopic (exact) mass is 342 g/mol. The van der Waals surface area contributed by atoms with Gasteiger partial charge >= 0.3 is 0 Å². The van der Waals surface area contributed by atoms with E-state index in [9.17, 15) is 13.2 Å². The summed E-state index contributed by atoms with van der Waals surface area (Å²) in [5, 5.41) is 4.49. The Labute approximate surface area is 135 Å². The molecule has 0 aromatic carbocycles. The fourth-order valence-corrected chi connectivity index (χ4v) is 4.60. The molecule has 0 bridgehead atoms. The summed E-state index contributed by atoms with van der Waals surface area (Å²) in [6, 6.07) is 2.40. The summed E-state index contributed by atoms with van der Waals surface area (Å²) in [5.74, 6) is -0.295. The van der Waals surface area contributed by atoms with Gasteiger partial charge < -0.3 is 5.32 Å². The van der Waals surface area contributed by atoms with Gasteiger partial charge in [0, 0.05) is 6.54 Å². The molecule has 1 heterocycles. The van der Waals surface area contributed by atoms with Crippen LogP contribution in [0.15, 0.2) is 33.4 Å². The first-order valence-corrected chi connectivity index (χ1v) is 9.87. The van der Waals surface area contributed by atoms with E-state index >= 15 is 0 Å². The van der Waals surface area contributed by atoms with Gasteiger partial charge in [0.15, 0.2) is 0 Å². The number of hydrogen-bond donors (Lipinski definition) is 2. The van der Waals surface area contributed by atoms with Gasteiger partial charge in [0.05, 0.1) is 6.04 Å².